The van der Waals surface area contributed by atoms with E-state index >= 15 is 0 Å². The van der Waals surface area contributed by atoms with E-state index in [1.165, 1.54) is 7.05 Å². The van der Waals surface area contributed by atoms with Crippen molar-refractivity contribution >= 4 is 11.9 Å². The molecule has 1 N–H and O–H groups in total. The fourth-order valence-electron chi connectivity index (χ4n) is 2.17. The Morgan fingerprint density at radius 3 is 2.04 bits per heavy atom. The van der Waals surface area contributed by atoms with Gasteiger partial charge in [0.25, 0.3) is 6.10 Å². The van der Waals surface area contributed by atoms with Crippen LogP contribution in [0.4, 0.5) is 38.2 Å². The smallest absolute Gasteiger partial charge is 0.434 e. The second-order valence-electron chi connectivity index (χ2n) is 5.12. The molecule has 1 aromatic rings. The van der Waals surface area contributed by atoms with Crippen LogP contribution in [0.25, 0.3) is 0 Å². The average Bonchev–Trinajstić information content (AvgIpc) is 2.51. The molecular weight excluding hydrogens is 344 g/mol. The zero-order chi connectivity index (χ0) is 18.0. The van der Waals surface area contributed by atoms with Crippen molar-refractivity contribution in [2.45, 2.75) is 37.7 Å². The largest absolute Gasteiger partial charge is 0.440 e. The van der Waals surface area contributed by atoms with Gasteiger partial charge in [0, 0.05) is 20.1 Å². The topological polar surface area (TPSA) is 63.2 Å². The van der Waals surface area contributed by atoms with E-state index in [2.05, 4.69) is 25.0 Å². The van der Waals surface area contributed by atoms with E-state index in [1.54, 1.807) is 4.90 Å². The van der Waals surface area contributed by atoms with Gasteiger partial charge in [-0.05, 0) is 19.3 Å². The highest BCUT2D eigenvalue weighted by atomic mass is 19.4. The van der Waals surface area contributed by atoms with E-state index < -0.39 is 24.5 Å². The molecule has 0 amide bonds. The number of nitrogens with zero attached hydrogens (tertiary/aromatic N) is 4. The van der Waals surface area contributed by atoms with Crippen molar-refractivity contribution in [2.75, 3.05) is 30.4 Å². The van der Waals surface area contributed by atoms with Crippen LogP contribution in [0, 0.1) is 0 Å². The van der Waals surface area contributed by atoms with Crippen LogP contribution in [-0.2, 0) is 0 Å². The summed E-state index contributed by atoms with van der Waals surface area (Å²) in [6, 6.07) is -1.03. The fourth-order valence-corrected chi connectivity index (χ4v) is 2.17. The first-order valence-corrected chi connectivity index (χ1v) is 7.10. The van der Waals surface area contributed by atoms with Gasteiger partial charge in [-0.2, -0.15) is 41.3 Å². The van der Waals surface area contributed by atoms with Crippen molar-refractivity contribution in [2.24, 2.45) is 0 Å². The van der Waals surface area contributed by atoms with Gasteiger partial charge < -0.3 is 15.0 Å². The van der Waals surface area contributed by atoms with Crippen molar-refractivity contribution in [3.63, 3.8) is 0 Å². The second-order valence-corrected chi connectivity index (χ2v) is 5.12. The molecule has 0 atom stereocenters. The molecule has 0 radical (unpaired) electrons. The maximum Gasteiger partial charge on any atom is 0.434 e. The van der Waals surface area contributed by atoms with Crippen LogP contribution >= 0.6 is 0 Å². The number of nitrogens with one attached hydrogen (secondary N) is 1. The molecule has 0 spiro atoms. The van der Waals surface area contributed by atoms with Crippen molar-refractivity contribution < 1.29 is 31.1 Å². The van der Waals surface area contributed by atoms with E-state index in [9.17, 15) is 26.3 Å². The number of aromatic nitrogens is 3. The lowest BCUT2D eigenvalue weighted by Gasteiger charge is -2.27. The SMILES string of the molecule is CNc1nc(OC(C(F)(F)F)C(F)(F)F)nc(N2CCCCC2)n1. The summed E-state index contributed by atoms with van der Waals surface area (Å²) >= 11 is 0. The minimum Gasteiger partial charge on any atom is -0.440 e. The normalized spacial score (nSPS) is 16.4. The van der Waals surface area contributed by atoms with Crippen LogP contribution in [0.1, 0.15) is 19.3 Å². The van der Waals surface area contributed by atoms with Gasteiger partial charge in [0.15, 0.2) is 0 Å². The summed E-state index contributed by atoms with van der Waals surface area (Å²) in [4.78, 5) is 12.7. The molecule has 1 aliphatic heterocycles. The predicted molar refractivity (Wildman–Crippen MR) is 72.0 cm³/mol. The molecule has 0 bridgehead atoms. The van der Waals surface area contributed by atoms with Crippen LogP contribution in [0.2, 0.25) is 0 Å². The maximum atomic E-state index is 12.6. The van der Waals surface area contributed by atoms with Crippen molar-refractivity contribution in [3.8, 4) is 6.01 Å². The van der Waals surface area contributed by atoms with Crippen molar-refractivity contribution in [1.82, 2.24) is 15.0 Å². The van der Waals surface area contributed by atoms with E-state index in [4.69, 9.17) is 0 Å². The number of rotatable bonds is 4. The number of hydrogen-bond donors (Lipinski definition) is 1. The molecular formula is C12H15F6N5O. The molecule has 12 heteroatoms. The minimum atomic E-state index is -5.64. The number of hydrogen-bond acceptors (Lipinski definition) is 6. The van der Waals surface area contributed by atoms with Gasteiger partial charge >= 0.3 is 18.4 Å². The number of piperidine rings is 1. The van der Waals surface area contributed by atoms with Gasteiger partial charge in [0.1, 0.15) is 0 Å². The Kier molecular flexibility index (Phi) is 5.23. The number of anilines is 2. The highest BCUT2D eigenvalue weighted by Gasteiger charge is 2.59. The van der Waals surface area contributed by atoms with Crippen LogP contribution in [0.3, 0.4) is 0 Å². The summed E-state index contributed by atoms with van der Waals surface area (Å²) in [5.41, 5.74) is 0. The molecule has 0 unspecified atom stereocenters. The molecule has 1 fully saturated rings. The summed E-state index contributed by atoms with van der Waals surface area (Å²) in [7, 11) is 1.38. The minimum absolute atomic E-state index is 0.0212. The Balaban J connectivity index is 2.31. The van der Waals surface area contributed by atoms with Gasteiger partial charge in [-0.15, -0.1) is 0 Å². The molecule has 24 heavy (non-hydrogen) atoms. The molecule has 0 saturated carbocycles. The molecule has 0 aliphatic carbocycles. The third kappa shape index (κ3) is 4.51. The van der Waals surface area contributed by atoms with Crippen LogP contribution in [0.15, 0.2) is 0 Å². The van der Waals surface area contributed by atoms with Gasteiger partial charge in [-0.3, -0.25) is 0 Å². The van der Waals surface area contributed by atoms with Gasteiger partial charge in [0.2, 0.25) is 11.9 Å². The third-order valence-corrected chi connectivity index (χ3v) is 3.28. The molecule has 1 aromatic heterocycles. The molecule has 2 rings (SSSR count). The Hall–Kier alpha value is -2.01. The quantitative estimate of drug-likeness (QED) is 0.835. The fraction of sp³-hybridized carbons (Fsp3) is 0.750. The summed E-state index contributed by atoms with van der Waals surface area (Å²) in [5, 5.41) is 2.47. The molecule has 1 saturated heterocycles. The second kappa shape index (κ2) is 6.85. The van der Waals surface area contributed by atoms with E-state index in [0.29, 0.717) is 13.1 Å². The molecule has 2 heterocycles. The summed E-state index contributed by atoms with van der Waals surface area (Å²) in [5.74, 6) is -0.198. The zero-order valence-corrected chi connectivity index (χ0v) is 12.6. The highest BCUT2D eigenvalue weighted by molar-refractivity contribution is 5.38. The van der Waals surface area contributed by atoms with Gasteiger partial charge in [0.05, 0.1) is 0 Å². The van der Waals surface area contributed by atoms with Crippen molar-refractivity contribution in [1.29, 1.82) is 0 Å². The van der Waals surface area contributed by atoms with Gasteiger partial charge in [-0.1, -0.05) is 0 Å². The van der Waals surface area contributed by atoms with E-state index in [0.717, 1.165) is 19.3 Å². The molecule has 1 aliphatic rings. The number of ether oxygens (including phenoxy) is 1. The van der Waals surface area contributed by atoms with E-state index in [-0.39, 0.29) is 11.9 Å². The average molecular weight is 359 g/mol. The van der Waals surface area contributed by atoms with Crippen molar-refractivity contribution in [3.05, 3.63) is 0 Å². The standard InChI is InChI=1S/C12H15F6N5O/c1-19-8-20-9(23-5-3-2-4-6-23)22-10(21-8)24-7(11(13,14)15)12(16,17)18/h7H,2-6H2,1H3,(H,19,20,21,22). The lowest BCUT2D eigenvalue weighted by atomic mass is 10.1. The third-order valence-electron chi connectivity index (χ3n) is 3.28. The number of alkyl halides is 6. The molecule has 136 valence electrons. The Morgan fingerprint density at radius 1 is 0.958 bits per heavy atom. The zero-order valence-electron chi connectivity index (χ0n) is 12.6. The first kappa shape index (κ1) is 18.3. The Bertz CT molecular complexity index is 544. The predicted octanol–water partition coefficient (Wildman–Crippen LogP) is 2.78. The van der Waals surface area contributed by atoms with Crippen LogP contribution in [-0.4, -0.2) is 53.5 Å². The summed E-state index contributed by atoms with van der Waals surface area (Å²) in [6.07, 6.45) is -12.7. The number of halogens is 6. The molecule has 0 aromatic carbocycles. The maximum absolute atomic E-state index is 12.6. The first-order chi connectivity index (χ1) is 11.1. The highest BCUT2D eigenvalue weighted by Crippen LogP contribution is 2.36. The lowest BCUT2D eigenvalue weighted by molar-refractivity contribution is -0.301. The summed E-state index contributed by atoms with van der Waals surface area (Å²) < 4.78 is 79.6. The van der Waals surface area contributed by atoms with Gasteiger partial charge in [-0.25, -0.2) is 0 Å². The van der Waals surface area contributed by atoms with Crippen LogP contribution in [0.5, 0.6) is 6.01 Å². The van der Waals surface area contributed by atoms with E-state index in [1.807, 2.05) is 0 Å². The van der Waals surface area contributed by atoms with Crippen LogP contribution < -0.4 is 15.0 Å². The molecule has 6 nitrogen and oxygen atoms in total. The first-order valence-electron chi connectivity index (χ1n) is 7.10. The monoisotopic (exact) mass is 359 g/mol. The Morgan fingerprint density at radius 2 is 1.54 bits per heavy atom. The Labute approximate surface area is 133 Å². The lowest BCUT2D eigenvalue weighted by Crippen LogP contribution is -2.47. The summed E-state index contributed by atoms with van der Waals surface area (Å²) in [6.45, 7) is 1.10.